The molecule has 0 atom stereocenters. The standard InChI is InChI=1S/C62H38N2/c1-2-11-47(12-3-1)63-59-16-8-6-14-55(59)57-37-42(24-32-61(57)63)43-25-33-62-58(38-43)56-15-7-9-17-60(56)64(62)48-26-31-51-46(36-48)19-18-44-34-40(21-27-50(44)51)41-22-28-52-45(35-41)23-30-53-49-13-5-4-10-39(49)20-29-54(52)53/h1-38H. The second kappa shape index (κ2) is 13.5. The quantitative estimate of drug-likeness (QED) is 0.157. The third-order valence-corrected chi connectivity index (χ3v) is 13.8. The molecule has 0 amide bonds. The number of nitrogens with zero attached hydrogens (tertiary/aromatic N) is 2. The van der Waals surface area contributed by atoms with Gasteiger partial charge in [-0.3, -0.25) is 0 Å². The Morgan fingerprint density at radius 3 is 1.20 bits per heavy atom. The maximum absolute atomic E-state index is 2.43. The van der Waals surface area contributed by atoms with E-state index in [9.17, 15) is 0 Å². The van der Waals surface area contributed by atoms with Gasteiger partial charge in [-0.15, -0.1) is 0 Å². The Morgan fingerprint density at radius 1 is 0.188 bits per heavy atom. The van der Waals surface area contributed by atoms with Gasteiger partial charge in [-0.25, -0.2) is 0 Å². The van der Waals surface area contributed by atoms with Crippen LogP contribution in [0.5, 0.6) is 0 Å². The fourth-order valence-corrected chi connectivity index (χ4v) is 10.8. The first-order valence-electron chi connectivity index (χ1n) is 22.2. The molecule has 2 nitrogen and oxygen atoms in total. The predicted molar refractivity (Wildman–Crippen MR) is 274 cm³/mol. The Hall–Kier alpha value is -8.46. The van der Waals surface area contributed by atoms with Crippen LogP contribution >= 0.6 is 0 Å². The van der Waals surface area contributed by atoms with E-state index in [1.54, 1.807) is 0 Å². The SMILES string of the molecule is c1ccc(-n2c3ccccc3c3cc(-c4ccc5c(c4)c4ccccc4n5-c4ccc5c(ccc6cc(-c7ccc8c(ccc9c%10ccccc%10ccc89)c7)ccc65)c4)ccc32)cc1. The van der Waals surface area contributed by atoms with Gasteiger partial charge in [0.25, 0.3) is 0 Å². The Labute approximate surface area is 369 Å². The molecule has 0 spiro atoms. The van der Waals surface area contributed by atoms with Crippen molar-refractivity contribution in [3.63, 3.8) is 0 Å². The van der Waals surface area contributed by atoms with Gasteiger partial charge in [0.2, 0.25) is 0 Å². The zero-order valence-corrected chi connectivity index (χ0v) is 34.8. The van der Waals surface area contributed by atoms with Crippen molar-refractivity contribution in [1.82, 2.24) is 9.13 Å². The first kappa shape index (κ1) is 35.2. The van der Waals surface area contributed by atoms with Crippen LogP contribution in [0.1, 0.15) is 0 Å². The third-order valence-electron chi connectivity index (χ3n) is 13.8. The van der Waals surface area contributed by atoms with Crippen LogP contribution in [0.3, 0.4) is 0 Å². The number of rotatable bonds is 4. The monoisotopic (exact) mass is 810 g/mol. The molecule has 12 aromatic carbocycles. The van der Waals surface area contributed by atoms with Crippen LogP contribution in [-0.4, -0.2) is 9.13 Å². The number of hydrogen-bond donors (Lipinski definition) is 0. The van der Waals surface area contributed by atoms with Crippen molar-refractivity contribution in [2.45, 2.75) is 0 Å². The van der Waals surface area contributed by atoms with Gasteiger partial charge in [0.1, 0.15) is 0 Å². The summed E-state index contributed by atoms with van der Waals surface area (Å²) in [5, 5.41) is 17.8. The highest BCUT2D eigenvalue weighted by Crippen LogP contribution is 2.40. The molecule has 0 bridgehead atoms. The van der Waals surface area contributed by atoms with E-state index in [4.69, 9.17) is 0 Å². The first-order valence-corrected chi connectivity index (χ1v) is 22.2. The Bertz CT molecular complexity index is 4240. The molecule has 0 N–H and O–H groups in total. The van der Waals surface area contributed by atoms with Gasteiger partial charge in [0, 0.05) is 32.9 Å². The highest BCUT2D eigenvalue weighted by atomic mass is 15.0. The van der Waals surface area contributed by atoms with E-state index in [0.29, 0.717) is 0 Å². The van der Waals surface area contributed by atoms with Gasteiger partial charge >= 0.3 is 0 Å². The van der Waals surface area contributed by atoms with Crippen molar-refractivity contribution < 1.29 is 0 Å². The minimum Gasteiger partial charge on any atom is -0.309 e. The van der Waals surface area contributed by atoms with Crippen LogP contribution in [-0.2, 0) is 0 Å². The van der Waals surface area contributed by atoms with Gasteiger partial charge in [-0.2, -0.15) is 0 Å². The molecule has 0 aliphatic heterocycles. The van der Waals surface area contributed by atoms with E-state index < -0.39 is 0 Å². The van der Waals surface area contributed by atoms with Crippen LogP contribution in [0.25, 0.3) is 131 Å². The van der Waals surface area contributed by atoms with Crippen LogP contribution in [0.2, 0.25) is 0 Å². The highest BCUT2D eigenvalue weighted by molar-refractivity contribution is 6.18. The molecule has 14 aromatic rings. The maximum atomic E-state index is 2.43. The highest BCUT2D eigenvalue weighted by Gasteiger charge is 2.17. The lowest BCUT2D eigenvalue weighted by molar-refractivity contribution is 1.18. The second-order valence-electron chi connectivity index (χ2n) is 17.3. The second-order valence-corrected chi connectivity index (χ2v) is 17.3. The summed E-state index contributed by atoms with van der Waals surface area (Å²) in [5.74, 6) is 0. The molecule has 14 rings (SSSR count). The van der Waals surface area contributed by atoms with Crippen molar-refractivity contribution in [3.8, 4) is 33.6 Å². The van der Waals surface area contributed by atoms with Crippen molar-refractivity contribution in [3.05, 3.63) is 231 Å². The zero-order chi connectivity index (χ0) is 41.9. The summed E-state index contributed by atoms with van der Waals surface area (Å²) in [5.41, 5.74) is 12.1. The summed E-state index contributed by atoms with van der Waals surface area (Å²) < 4.78 is 4.81. The molecule has 0 saturated carbocycles. The Kier molecular flexibility index (Phi) is 7.43. The molecule has 0 unspecified atom stereocenters. The van der Waals surface area contributed by atoms with Gasteiger partial charge in [0.05, 0.1) is 22.1 Å². The molecule has 0 radical (unpaired) electrons. The lowest BCUT2D eigenvalue weighted by atomic mass is 9.93. The van der Waals surface area contributed by atoms with Crippen LogP contribution in [0.15, 0.2) is 231 Å². The van der Waals surface area contributed by atoms with Gasteiger partial charge in [0.15, 0.2) is 0 Å². The summed E-state index contributed by atoms with van der Waals surface area (Å²) in [6.07, 6.45) is 0. The molecule has 2 heterocycles. The molecule has 64 heavy (non-hydrogen) atoms. The van der Waals surface area contributed by atoms with Crippen molar-refractivity contribution >= 4 is 97.5 Å². The summed E-state index contributed by atoms with van der Waals surface area (Å²) >= 11 is 0. The molecule has 296 valence electrons. The van der Waals surface area contributed by atoms with E-state index in [1.165, 1.54) is 125 Å². The van der Waals surface area contributed by atoms with E-state index in [1.807, 2.05) is 0 Å². The van der Waals surface area contributed by atoms with E-state index in [-0.39, 0.29) is 0 Å². The predicted octanol–water partition coefficient (Wildman–Crippen LogP) is 17.0. The average Bonchev–Trinajstić information content (AvgIpc) is 3.88. The van der Waals surface area contributed by atoms with Gasteiger partial charge in [-0.05, 0) is 149 Å². The molecule has 0 fully saturated rings. The first-order chi connectivity index (χ1) is 31.7. The van der Waals surface area contributed by atoms with Crippen LogP contribution < -0.4 is 0 Å². The lowest BCUT2D eigenvalue weighted by Crippen LogP contribution is -1.94. The Balaban J connectivity index is 0.839. The van der Waals surface area contributed by atoms with Gasteiger partial charge < -0.3 is 9.13 Å². The third kappa shape index (κ3) is 5.20. The van der Waals surface area contributed by atoms with E-state index in [2.05, 4.69) is 240 Å². The molecular weight excluding hydrogens is 773 g/mol. The van der Waals surface area contributed by atoms with Crippen molar-refractivity contribution in [2.24, 2.45) is 0 Å². The number of fused-ring (bicyclic) bond motifs is 14. The Morgan fingerprint density at radius 2 is 0.578 bits per heavy atom. The van der Waals surface area contributed by atoms with Gasteiger partial charge in [-0.1, -0.05) is 158 Å². The molecular formula is C62H38N2. The minimum absolute atomic E-state index is 1.16. The smallest absolute Gasteiger partial charge is 0.0541 e. The largest absolute Gasteiger partial charge is 0.309 e. The number of aromatic nitrogens is 2. The topological polar surface area (TPSA) is 9.86 Å². The minimum atomic E-state index is 1.16. The van der Waals surface area contributed by atoms with E-state index in [0.717, 1.165) is 5.69 Å². The lowest BCUT2D eigenvalue weighted by Gasteiger charge is -2.12. The van der Waals surface area contributed by atoms with Crippen molar-refractivity contribution in [2.75, 3.05) is 0 Å². The fourth-order valence-electron chi connectivity index (χ4n) is 10.8. The summed E-state index contributed by atoms with van der Waals surface area (Å²) in [4.78, 5) is 0. The number of hydrogen-bond acceptors (Lipinski definition) is 0. The normalized spacial score (nSPS) is 12.1. The molecule has 2 heteroatoms. The summed E-state index contributed by atoms with van der Waals surface area (Å²) in [6, 6.07) is 85.4. The van der Waals surface area contributed by atoms with Crippen LogP contribution in [0, 0.1) is 0 Å². The number of benzene rings is 12. The zero-order valence-electron chi connectivity index (χ0n) is 34.8. The molecule has 0 aliphatic carbocycles. The maximum Gasteiger partial charge on any atom is 0.0541 e. The fraction of sp³-hybridized carbons (Fsp3) is 0. The van der Waals surface area contributed by atoms with Crippen LogP contribution in [0.4, 0.5) is 0 Å². The molecule has 2 aromatic heterocycles. The summed E-state index contributed by atoms with van der Waals surface area (Å²) in [7, 11) is 0. The summed E-state index contributed by atoms with van der Waals surface area (Å²) in [6.45, 7) is 0. The van der Waals surface area contributed by atoms with E-state index >= 15 is 0 Å². The average molecular weight is 811 g/mol. The number of para-hydroxylation sites is 3. The molecule has 0 saturated heterocycles. The molecule has 0 aliphatic rings. The van der Waals surface area contributed by atoms with Crippen molar-refractivity contribution in [1.29, 1.82) is 0 Å².